The summed E-state index contributed by atoms with van der Waals surface area (Å²) in [7, 11) is 1.60. The van der Waals surface area contributed by atoms with Gasteiger partial charge in [0.25, 0.3) is 0 Å². The molecule has 0 atom stereocenters. The highest BCUT2D eigenvalue weighted by molar-refractivity contribution is 6.06. The lowest BCUT2D eigenvalue weighted by Gasteiger charge is -2.10. The van der Waals surface area contributed by atoms with Crippen molar-refractivity contribution in [2.45, 2.75) is 19.8 Å². The Kier molecular flexibility index (Phi) is 8.02. The van der Waals surface area contributed by atoms with E-state index in [1.54, 1.807) is 38.3 Å². The minimum atomic E-state index is -0.527. The molecule has 0 fully saturated rings. The van der Waals surface area contributed by atoms with Crippen molar-refractivity contribution in [3.63, 3.8) is 0 Å². The maximum atomic E-state index is 12.1. The van der Waals surface area contributed by atoms with Crippen molar-refractivity contribution in [3.05, 3.63) is 59.7 Å². The van der Waals surface area contributed by atoms with Crippen molar-refractivity contribution in [2.75, 3.05) is 25.6 Å². The zero-order valence-corrected chi connectivity index (χ0v) is 16.0. The zero-order valence-electron chi connectivity index (χ0n) is 16.0. The topological polar surface area (TPSA) is 93.7 Å². The third-order valence-electron chi connectivity index (χ3n) is 3.89. The van der Waals surface area contributed by atoms with Crippen LogP contribution in [0.15, 0.2) is 48.5 Å². The molecule has 0 saturated heterocycles. The summed E-state index contributed by atoms with van der Waals surface area (Å²) in [6.45, 7) is 2.34. The van der Waals surface area contributed by atoms with Gasteiger partial charge >= 0.3 is 5.97 Å². The molecule has 148 valence electrons. The number of rotatable bonds is 9. The highest BCUT2D eigenvalue weighted by Crippen LogP contribution is 2.16. The fourth-order valence-electron chi connectivity index (χ4n) is 2.56. The monoisotopic (exact) mass is 384 g/mol. The molecular weight excluding hydrogens is 360 g/mol. The van der Waals surface area contributed by atoms with Crippen LogP contribution in [0.5, 0.6) is 5.75 Å². The van der Waals surface area contributed by atoms with Gasteiger partial charge in [-0.3, -0.25) is 9.59 Å². The molecule has 0 aromatic heterocycles. The second-order valence-electron chi connectivity index (χ2n) is 5.94. The van der Waals surface area contributed by atoms with Crippen molar-refractivity contribution in [3.8, 4) is 5.75 Å². The predicted molar refractivity (Wildman–Crippen MR) is 105 cm³/mol. The van der Waals surface area contributed by atoms with E-state index in [4.69, 9.17) is 9.47 Å². The summed E-state index contributed by atoms with van der Waals surface area (Å²) < 4.78 is 10.1. The summed E-state index contributed by atoms with van der Waals surface area (Å²) in [6, 6.07) is 14.1. The predicted octanol–water partition coefficient (Wildman–Crippen LogP) is 2.56. The van der Waals surface area contributed by atoms with Gasteiger partial charge in [0.2, 0.25) is 11.8 Å². The van der Waals surface area contributed by atoms with E-state index >= 15 is 0 Å². The Morgan fingerprint density at radius 1 is 1.00 bits per heavy atom. The number of ether oxygens (including phenoxy) is 2. The molecule has 7 heteroatoms. The molecule has 0 radical (unpaired) electrons. The van der Waals surface area contributed by atoms with Gasteiger partial charge in [0.15, 0.2) is 0 Å². The van der Waals surface area contributed by atoms with Gasteiger partial charge in [-0.1, -0.05) is 24.3 Å². The van der Waals surface area contributed by atoms with Crippen LogP contribution >= 0.6 is 0 Å². The quantitative estimate of drug-likeness (QED) is 0.512. The average Bonchev–Trinajstić information content (AvgIpc) is 2.68. The van der Waals surface area contributed by atoms with Crippen LogP contribution in [0.2, 0.25) is 0 Å². The molecule has 28 heavy (non-hydrogen) atoms. The molecule has 2 rings (SSSR count). The molecule has 7 nitrogen and oxygen atoms in total. The maximum Gasteiger partial charge on any atom is 0.340 e. The summed E-state index contributed by atoms with van der Waals surface area (Å²) >= 11 is 0. The van der Waals surface area contributed by atoms with Gasteiger partial charge in [0, 0.05) is 6.54 Å². The smallest absolute Gasteiger partial charge is 0.340 e. The third kappa shape index (κ3) is 6.42. The summed E-state index contributed by atoms with van der Waals surface area (Å²) in [6.07, 6.45) is 0.283. The Labute approximate surface area is 164 Å². The summed E-state index contributed by atoms with van der Waals surface area (Å²) in [4.78, 5) is 36.1. The van der Waals surface area contributed by atoms with E-state index in [1.165, 1.54) is 0 Å². The number of hydrogen-bond donors (Lipinski definition) is 2. The SMILES string of the molecule is CCOC(=O)c1ccccc1NC(=O)CC(=O)NCCc1cccc(OC)c1. The number of carbonyl (C=O) groups is 3. The Bertz CT molecular complexity index is 835. The minimum Gasteiger partial charge on any atom is -0.497 e. The highest BCUT2D eigenvalue weighted by Gasteiger charge is 2.15. The number of carbonyl (C=O) groups excluding carboxylic acids is 3. The van der Waals surface area contributed by atoms with E-state index < -0.39 is 17.8 Å². The molecule has 2 amide bonds. The zero-order chi connectivity index (χ0) is 20.4. The Hall–Kier alpha value is -3.35. The van der Waals surface area contributed by atoms with Gasteiger partial charge in [0.05, 0.1) is 25.0 Å². The summed E-state index contributed by atoms with van der Waals surface area (Å²) in [5.74, 6) is -0.672. The van der Waals surface area contributed by atoms with Gasteiger partial charge in [0.1, 0.15) is 12.2 Å². The van der Waals surface area contributed by atoms with Crippen LogP contribution in [-0.2, 0) is 20.7 Å². The number of para-hydroxylation sites is 1. The molecule has 2 N–H and O–H groups in total. The van der Waals surface area contributed by atoms with Gasteiger partial charge in [-0.25, -0.2) is 4.79 Å². The van der Waals surface area contributed by atoms with Crippen molar-refractivity contribution in [1.82, 2.24) is 5.32 Å². The van der Waals surface area contributed by atoms with E-state index in [-0.39, 0.29) is 18.6 Å². The maximum absolute atomic E-state index is 12.1. The van der Waals surface area contributed by atoms with E-state index in [0.29, 0.717) is 18.7 Å². The summed E-state index contributed by atoms with van der Waals surface area (Å²) in [5.41, 5.74) is 1.58. The van der Waals surface area contributed by atoms with Crippen molar-refractivity contribution < 1.29 is 23.9 Å². The lowest BCUT2D eigenvalue weighted by atomic mass is 10.1. The molecule has 0 unspecified atom stereocenters. The van der Waals surface area contributed by atoms with Crippen LogP contribution in [-0.4, -0.2) is 38.0 Å². The van der Waals surface area contributed by atoms with E-state index in [9.17, 15) is 14.4 Å². The van der Waals surface area contributed by atoms with Crippen LogP contribution in [0.25, 0.3) is 0 Å². The molecule has 0 aliphatic heterocycles. The molecule has 0 aliphatic rings. The number of esters is 1. The largest absolute Gasteiger partial charge is 0.497 e. The summed E-state index contributed by atoms with van der Waals surface area (Å²) in [5, 5.41) is 5.30. The fraction of sp³-hybridized carbons (Fsp3) is 0.286. The Balaban J connectivity index is 1.83. The van der Waals surface area contributed by atoms with Gasteiger partial charge in [-0.2, -0.15) is 0 Å². The van der Waals surface area contributed by atoms with Crippen LogP contribution in [0.3, 0.4) is 0 Å². The molecule has 0 heterocycles. The Morgan fingerprint density at radius 3 is 2.54 bits per heavy atom. The minimum absolute atomic E-state index is 0.233. The standard InChI is InChI=1S/C21H24N2O5/c1-3-28-21(26)17-9-4-5-10-18(17)23-20(25)14-19(24)22-12-11-15-7-6-8-16(13-15)27-2/h4-10,13H,3,11-12,14H2,1-2H3,(H,22,24)(H,23,25). The molecule has 0 bridgehead atoms. The molecule has 0 aliphatic carbocycles. The van der Waals surface area contributed by atoms with Crippen molar-refractivity contribution >= 4 is 23.5 Å². The van der Waals surface area contributed by atoms with Crippen LogP contribution < -0.4 is 15.4 Å². The number of benzene rings is 2. The number of methoxy groups -OCH3 is 1. The van der Waals surface area contributed by atoms with Crippen LogP contribution in [0, 0.1) is 0 Å². The normalized spacial score (nSPS) is 10.1. The van der Waals surface area contributed by atoms with Crippen LogP contribution in [0.1, 0.15) is 29.3 Å². The van der Waals surface area contributed by atoms with Gasteiger partial charge in [-0.15, -0.1) is 0 Å². The number of anilines is 1. The van der Waals surface area contributed by atoms with Crippen LogP contribution in [0.4, 0.5) is 5.69 Å². The Morgan fingerprint density at radius 2 is 1.79 bits per heavy atom. The number of amides is 2. The molecule has 0 saturated carbocycles. The second kappa shape index (κ2) is 10.7. The van der Waals surface area contributed by atoms with Gasteiger partial charge < -0.3 is 20.1 Å². The lowest BCUT2D eigenvalue weighted by molar-refractivity contribution is -0.126. The van der Waals surface area contributed by atoms with Gasteiger partial charge in [-0.05, 0) is 43.2 Å². The van der Waals surface area contributed by atoms with Crippen molar-refractivity contribution in [1.29, 1.82) is 0 Å². The molecular formula is C21H24N2O5. The first-order chi connectivity index (χ1) is 13.5. The first-order valence-electron chi connectivity index (χ1n) is 8.99. The highest BCUT2D eigenvalue weighted by atomic mass is 16.5. The lowest BCUT2D eigenvalue weighted by Crippen LogP contribution is -2.30. The average molecular weight is 384 g/mol. The third-order valence-corrected chi connectivity index (χ3v) is 3.89. The first-order valence-corrected chi connectivity index (χ1v) is 8.99. The second-order valence-corrected chi connectivity index (χ2v) is 5.94. The van der Waals surface area contributed by atoms with E-state index in [2.05, 4.69) is 10.6 Å². The fourth-order valence-corrected chi connectivity index (χ4v) is 2.56. The van der Waals surface area contributed by atoms with E-state index in [1.807, 2.05) is 24.3 Å². The number of hydrogen-bond acceptors (Lipinski definition) is 5. The molecule has 2 aromatic carbocycles. The molecule has 2 aromatic rings. The molecule has 0 spiro atoms. The number of nitrogens with one attached hydrogen (secondary N) is 2. The van der Waals surface area contributed by atoms with E-state index in [0.717, 1.165) is 11.3 Å². The first kappa shape index (κ1) is 21.0. The van der Waals surface area contributed by atoms with Crippen molar-refractivity contribution in [2.24, 2.45) is 0 Å².